The standard InChI is InChI=1S/C14H16N2O5/c1-14(2,21-3)7-16-10-8(13(19)20)5-4-6-9(10)15-11(17)12(16)18/h4-6H,7H2,1-3H3,(H,15,17)(H,19,20). The molecule has 0 fully saturated rings. The molecule has 112 valence electrons. The van der Waals surface area contributed by atoms with Crippen molar-refractivity contribution in [3.63, 3.8) is 0 Å². The van der Waals surface area contributed by atoms with Crippen LogP contribution in [0, 0.1) is 0 Å². The highest BCUT2D eigenvalue weighted by Gasteiger charge is 2.22. The third kappa shape index (κ3) is 2.73. The van der Waals surface area contributed by atoms with Crippen LogP contribution in [0.25, 0.3) is 11.0 Å². The van der Waals surface area contributed by atoms with E-state index in [0.717, 1.165) is 4.57 Å². The van der Waals surface area contributed by atoms with Crippen molar-refractivity contribution in [1.29, 1.82) is 0 Å². The summed E-state index contributed by atoms with van der Waals surface area (Å²) >= 11 is 0. The molecule has 2 N–H and O–H groups in total. The number of carbonyl (C=O) groups is 1. The van der Waals surface area contributed by atoms with Crippen LogP contribution in [0.2, 0.25) is 0 Å². The molecule has 0 aliphatic carbocycles. The van der Waals surface area contributed by atoms with Crippen molar-refractivity contribution < 1.29 is 14.6 Å². The second-order valence-corrected chi connectivity index (χ2v) is 5.32. The summed E-state index contributed by atoms with van der Waals surface area (Å²) in [7, 11) is 1.48. The van der Waals surface area contributed by atoms with Crippen molar-refractivity contribution in [2.45, 2.75) is 26.0 Å². The Hall–Kier alpha value is -2.41. The second kappa shape index (κ2) is 5.17. The Morgan fingerprint density at radius 2 is 2.05 bits per heavy atom. The predicted octanol–water partition coefficient (Wildman–Crippen LogP) is 0.813. The molecule has 2 aromatic rings. The number of aromatic carboxylic acids is 1. The Morgan fingerprint density at radius 1 is 1.38 bits per heavy atom. The molecule has 0 saturated carbocycles. The molecule has 0 saturated heterocycles. The lowest BCUT2D eigenvalue weighted by Crippen LogP contribution is -2.42. The molecule has 2 rings (SSSR count). The summed E-state index contributed by atoms with van der Waals surface area (Å²) in [6.45, 7) is 3.55. The highest BCUT2D eigenvalue weighted by Crippen LogP contribution is 2.18. The van der Waals surface area contributed by atoms with E-state index in [-0.39, 0.29) is 17.6 Å². The van der Waals surface area contributed by atoms with E-state index in [1.54, 1.807) is 19.9 Å². The van der Waals surface area contributed by atoms with Gasteiger partial charge in [0.05, 0.1) is 28.7 Å². The number of nitrogens with zero attached hydrogens (tertiary/aromatic N) is 1. The third-order valence-electron chi connectivity index (χ3n) is 3.32. The van der Waals surface area contributed by atoms with Gasteiger partial charge in [0.2, 0.25) is 0 Å². The van der Waals surface area contributed by atoms with E-state index in [2.05, 4.69) is 4.98 Å². The van der Waals surface area contributed by atoms with Gasteiger partial charge in [-0.2, -0.15) is 0 Å². The van der Waals surface area contributed by atoms with E-state index in [9.17, 15) is 19.5 Å². The summed E-state index contributed by atoms with van der Waals surface area (Å²) in [6, 6.07) is 4.45. The molecular weight excluding hydrogens is 276 g/mol. The first-order valence-electron chi connectivity index (χ1n) is 6.31. The topological polar surface area (TPSA) is 101 Å². The normalized spacial score (nSPS) is 11.8. The molecule has 0 spiro atoms. The molecule has 7 heteroatoms. The van der Waals surface area contributed by atoms with Crippen molar-refractivity contribution in [3.05, 3.63) is 44.5 Å². The largest absolute Gasteiger partial charge is 0.478 e. The fraction of sp³-hybridized carbons (Fsp3) is 0.357. The van der Waals surface area contributed by atoms with Crippen LogP contribution in [0.5, 0.6) is 0 Å². The number of hydrogen-bond acceptors (Lipinski definition) is 4. The average Bonchev–Trinajstić information content (AvgIpc) is 2.43. The Kier molecular flexibility index (Phi) is 3.69. The first-order chi connectivity index (χ1) is 9.76. The number of carboxylic acid groups (broad SMARTS) is 1. The van der Waals surface area contributed by atoms with Gasteiger partial charge in [0.25, 0.3) is 0 Å². The third-order valence-corrected chi connectivity index (χ3v) is 3.32. The lowest BCUT2D eigenvalue weighted by atomic mass is 10.1. The summed E-state index contributed by atoms with van der Waals surface area (Å²) in [5, 5.41) is 9.28. The van der Waals surface area contributed by atoms with Crippen LogP contribution in [0.15, 0.2) is 27.8 Å². The molecule has 0 aliphatic rings. The zero-order valence-electron chi connectivity index (χ0n) is 12.0. The molecule has 0 amide bonds. The van der Waals surface area contributed by atoms with Gasteiger partial charge in [0.1, 0.15) is 0 Å². The minimum Gasteiger partial charge on any atom is -0.478 e. The summed E-state index contributed by atoms with van der Waals surface area (Å²) < 4.78 is 6.42. The van der Waals surface area contributed by atoms with Crippen molar-refractivity contribution in [2.24, 2.45) is 0 Å². The number of aromatic amines is 1. The molecule has 0 aliphatic heterocycles. The number of H-pyrrole nitrogens is 1. The van der Waals surface area contributed by atoms with E-state index < -0.39 is 22.7 Å². The maximum absolute atomic E-state index is 12.1. The minimum absolute atomic E-state index is 0.0484. The number of nitrogens with one attached hydrogen (secondary N) is 1. The highest BCUT2D eigenvalue weighted by molar-refractivity contribution is 6.00. The molecule has 0 bridgehead atoms. The van der Waals surface area contributed by atoms with E-state index in [4.69, 9.17) is 4.74 Å². The molecule has 1 aromatic heterocycles. The number of ether oxygens (including phenoxy) is 1. The van der Waals surface area contributed by atoms with E-state index in [0.29, 0.717) is 5.52 Å². The molecule has 1 aromatic carbocycles. The van der Waals surface area contributed by atoms with Gasteiger partial charge in [0, 0.05) is 7.11 Å². The van der Waals surface area contributed by atoms with Crippen LogP contribution < -0.4 is 11.1 Å². The number of carboxylic acids is 1. The van der Waals surface area contributed by atoms with Gasteiger partial charge in [0.15, 0.2) is 0 Å². The number of fused-ring (bicyclic) bond motifs is 1. The summed E-state index contributed by atoms with van der Waals surface area (Å²) in [5.41, 5.74) is -1.90. The average molecular weight is 292 g/mol. The van der Waals surface area contributed by atoms with Gasteiger partial charge in [-0.15, -0.1) is 0 Å². The van der Waals surface area contributed by atoms with Gasteiger partial charge in [-0.3, -0.25) is 14.2 Å². The van der Waals surface area contributed by atoms with Crippen LogP contribution in [0.4, 0.5) is 0 Å². The SMILES string of the molecule is COC(C)(C)Cn1c(=O)c(=O)[nH]c2cccc(C(=O)O)c21. The van der Waals surface area contributed by atoms with Crippen molar-refractivity contribution in [3.8, 4) is 0 Å². The van der Waals surface area contributed by atoms with E-state index >= 15 is 0 Å². The van der Waals surface area contributed by atoms with Crippen LogP contribution >= 0.6 is 0 Å². The fourth-order valence-corrected chi connectivity index (χ4v) is 2.10. The summed E-state index contributed by atoms with van der Waals surface area (Å²) in [6.07, 6.45) is 0. The maximum Gasteiger partial charge on any atom is 0.337 e. The Morgan fingerprint density at radius 3 is 2.62 bits per heavy atom. The molecule has 0 unspecified atom stereocenters. The Balaban J connectivity index is 2.89. The highest BCUT2D eigenvalue weighted by atomic mass is 16.5. The number of rotatable bonds is 4. The zero-order chi connectivity index (χ0) is 15.8. The molecule has 0 radical (unpaired) electrons. The molecule has 7 nitrogen and oxygen atoms in total. The predicted molar refractivity (Wildman–Crippen MR) is 76.9 cm³/mol. The quantitative estimate of drug-likeness (QED) is 0.812. The van der Waals surface area contributed by atoms with Gasteiger partial charge in [-0.05, 0) is 26.0 Å². The van der Waals surface area contributed by atoms with Crippen molar-refractivity contribution >= 4 is 17.0 Å². The minimum atomic E-state index is -1.17. The van der Waals surface area contributed by atoms with Crippen LogP contribution in [0.3, 0.4) is 0 Å². The maximum atomic E-state index is 12.1. The summed E-state index contributed by atoms with van der Waals surface area (Å²) in [5.74, 6) is -1.17. The number of methoxy groups -OCH3 is 1. The first-order valence-corrected chi connectivity index (χ1v) is 6.31. The lowest BCUT2D eigenvalue weighted by Gasteiger charge is -2.25. The lowest BCUT2D eigenvalue weighted by molar-refractivity contribution is 0.00821. The number of benzene rings is 1. The zero-order valence-corrected chi connectivity index (χ0v) is 12.0. The van der Waals surface area contributed by atoms with Crippen LogP contribution in [-0.4, -0.2) is 33.3 Å². The van der Waals surface area contributed by atoms with E-state index in [1.807, 2.05) is 0 Å². The Labute approximate surface area is 119 Å². The van der Waals surface area contributed by atoms with Crippen molar-refractivity contribution in [1.82, 2.24) is 9.55 Å². The molecule has 1 heterocycles. The van der Waals surface area contributed by atoms with Crippen LogP contribution in [0.1, 0.15) is 24.2 Å². The Bertz CT molecular complexity index is 816. The first kappa shape index (κ1) is 15.0. The number of hydrogen-bond donors (Lipinski definition) is 2. The second-order valence-electron chi connectivity index (χ2n) is 5.32. The smallest absolute Gasteiger partial charge is 0.337 e. The van der Waals surface area contributed by atoms with Gasteiger partial charge < -0.3 is 14.8 Å². The van der Waals surface area contributed by atoms with Crippen LogP contribution in [-0.2, 0) is 11.3 Å². The van der Waals surface area contributed by atoms with Gasteiger partial charge in [-0.25, -0.2) is 4.79 Å². The number of aromatic nitrogens is 2. The summed E-state index contributed by atoms with van der Waals surface area (Å²) in [4.78, 5) is 37.6. The monoisotopic (exact) mass is 292 g/mol. The molecule has 0 atom stereocenters. The number of para-hydroxylation sites is 1. The van der Waals surface area contributed by atoms with E-state index in [1.165, 1.54) is 19.2 Å². The van der Waals surface area contributed by atoms with Gasteiger partial charge >= 0.3 is 17.1 Å². The molecule has 21 heavy (non-hydrogen) atoms. The van der Waals surface area contributed by atoms with Gasteiger partial charge in [-0.1, -0.05) is 6.07 Å². The molecular formula is C14H16N2O5. The fourth-order valence-electron chi connectivity index (χ4n) is 2.10. The van der Waals surface area contributed by atoms with Crippen molar-refractivity contribution in [2.75, 3.05) is 7.11 Å².